The summed E-state index contributed by atoms with van der Waals surface area (Å²) < 4.78 is 74.7. The molecule has 2 fully saturated rings. The molecule has 134 heavy (non-hydrogen) atoms. The maximum Gasteiger partial charge on any atom is 0.343 e. The second-order valence-corrected chi connectivity index (χ2v) is 29.0. The van der Waals surface area contributed by atoms with E-state index < -0.39 is 402 Å². The Morgan fingerprint density at radius 2 is 0.515 bits per heavy atom. The maximum atomic E-state index is 16.1. The molecular formula is C82H56O52. The van der Waals surface area contributed by atoms with E-state index in [1.54, 1.807) is 0 Å². The molecule has 0 radical (unpaired) electrons. The Hall–Kier alpha value is -19.2. The monoisotopic (exact) mass is 1870 g/mol. The number of esters is 10. The number of hydrogen-bond acceptors (Lipinski definition) is 52. The molecule has 696 valence electrons. The second-order valence-electron chi connectivity index (χ2n) is 29.0. The van der Waals surface area contributed by atoms with Gasteiger partial charge in [-0.2, -0.15) is 0 Å². The molecule has 0 bridgehead atoms. The summed E-state index contributed by atoms with van der Waals surface area (Å²) in [5.74, 6) is -68.6. The third-order valence-corrected chi connectivity index (χ3v) is 21.0. The first kappa shape index (κ1) is 89.6. The molecule has 0 spiro atoms. The van der Waals surface area contributed by atoms with Gasteiger partial charge in [0, 0.05) is 27.8 Å². The molecule has 52 nitrogen and oxygen atoms in total. The highest BCUT2D eigenvalue weighted by molar-refractivity contribution is 6.13. The van der Waals surface area contributed by atoms with Gasteiger partial charge in [0.25, 0.3) is 0 Å². The van der Waals surface area contributed by atoms with Crippen molar-refractivity contribution in [2.45, 2.75) is 61.4 Å². The van der Waals surface area contributed by atoms with Crippen LogP contribution in [0.5, 0.6) is 178 Å². The van der Waals surface area contributed by atoms with Crippen molar-refractivity contribution in [3.8, 4) is 212 Å². The third kappa shape index (κ3) is 15.0. The van der Waals surface area contributed by atoms with E-state index in [0.29, 0.717) is 42.5 Å². The Morgan fingerprint density at radius 3 is 0.896 bits per heavy atom. The van der Waals surface area contributed by atoms with Crippen LogP contribution >= 0.6 is 0 Å². The molecule has 5 heterocycles. The molecule has 52 heteroatoms. The molecule has 5 aliphatic rings. The van der Waals surface area contributed by atoms with Crippen molar-refractivity contribution in [1.29, 1.82) is 0 Å². The van der Waals surface area contributed by atoms with Gasteiger partial charge in [-0.3, -0.25) is 0 Å². The molecule has 15 rings (SSSR count). The van der Waals surface area contributed by atoms with Crippen LogP contribution in [0.1, 0.15) is 104 Å². The Balaban J connectivity index is 0.887. The van der Waals surface area contributed by atoms with Gasteiger partial charge < -0.3 is 210 Å². The van der Waals surface area contributed by atoms with Crippen LogP contribution in [0, 0.1) is 0 Å². The van der Waals surface area contributed by atoms with E-state index in [9.17, 15) is 172 Å². The molecule has 10 aromatic rings. The highest BCUT2D eigenvalue weighted by Gasteiger charge is 2.59. The zero-order valence-electron chi connectivity index (χ0n) is 65.6. The minimum atomic E-state index is -3.05. The average molecular weight is 1870 g/mol. The largest absolute Gasteiger partial charge is 0.504 e. The average Bonchev–Trinajstić information content (AvgIpc) is 1.35. The van der Waals surface area contributed by atoms with Gasteiger partial charge in [0.05, 0.1) is 55.6 Å². The predicted octanol–water partition coefficient (Wildman–Crippen LogP) is 3.71. The van der Waals surface area contributed by atoms with Crippen LogP contribution in [0.15, 0.2) is 78.9 Å². The zero-order valence-corrected chi connectivity index (χ0v) is 65.6. The molecule has 0 aliphatic carbocycles. The molecule has 0 saturated carbocycles. The van der Waals surface area contributed by atoms with Crippen LogP contribution in [0.2, 0.25) is 0 Å². The number of carbonyl (C=O) groups excluding carboxylic acids is 10. The van der Waals surface area contributed by atoms with E-state index in [0.717, 1.165) is 0 Å². The van der Waals surface area contributed by atoms with E-state index in [1.807, 2.05) is 0 Å². The summed E-state index contributed by atoms with van der Waals surface area (Å²) in [5, 5.41) is 320. The van der Waals surface area contributed by atoms with E-state index in [4.69, 9.17) is 61.6 Å². The molecule has 10 atom stereocenters. The summed E-state index contributed by atoms with van der Waals surface area (Å²) in [6, 6.07) is 3.99. The topological polar surface area (TPSA) is 877 Å². The first-order valence-corrected chi connectivity index (χ1v) is 37.1. The van der Waals surface area contributed by atoms with Crippen LogP contribution in [-0.4, -0.2) is 282 Å². The lowest BCUT2D eigenvalue weighted by atomic mass is 9.91. The SMILES string of the molecule is O=C(OC1OC2COC(=O)c3cc(O)c(O)c(O)c3-c3c(O)c(O)c(O)c(Oc4cc(C(=O)OC5OC6COC(=O)c7cc(O)c(O)c(O)c7-c7c(cc(O)c(O)c7O)C(=O)OC6C6OC(=O)c7cc(O)c(O)c(O)c7-c7c(cc(O)c(O)c7O)C(=O)OC56)cc(O)c4O)c3C(=O)OC2C(OC(=O)c2cc(O)c(O)c(O)c2)C1OC(=O)c1cc(O)c(O)c(O)c1)c1cc(O)c(O)c(O)c1. The number of rotatable bonds is 10. The number of fused-ring (bicyclic) bond motifs is 13. The van der Waals surface area contributed by atoms with Gasteiger partial charge in [-0.15, -0.1) is 0 Å². The molecule has 10 unspecified atom stereocenters. The molecular weight excluding hydrogens is 1820 g/mol. The molecule has 2 saturated heterocycles. The number of cyclic esters (lactones) is 2. The van der Waals surface area contributed by atoms with Crippen molar-refractivity contribution in [1.82, 2.24) is 0 Å². The Morgan fingerprint density at radius 1 is 0.239 bits per heavy atom. The van der Waals surface area contributed by atoms with E-state index in [2.05, 4.69) is 0 Å². The predicted molar refractivity (Wildman–Crippen MR) is 414 cm³/mol. The summed E-state index contributed by atoms with van der Waals surface area (Å²) in [5.41, 5.74) is -21.3. The number of carbonyl (C=O) groups is 10. The van der Waals surface area contributed by atoms with E-state index in [-0.39, 0.29) is 36.4 Å². The quantitative estimate of drug-likeness (QED) is 0.0527. The van der Waals surface area contributed by atoms with Crippen molar-refractivity contribution in [2.75, 3.05) is 13.2 Å². The molecule has 0 aromatic heterocycles. The lowest BCUT2D eigenvalue weighted by molar-refractivity contribution is -0.282. The Bertz CT molecular complexity index is 6800. The van der Waals surface area contributed by atoms with Crippen molar-refractivity contribution >= 4 is 59.7 Å². The number of ether oxygens (including phenoxy) is 13. The standard InChI is InChI=1S/C82H56O52/c83-25-1-16(2-26(84)47(25)95)71(112)129-67-65-39(126-81(133-73(114)18-5-29(87)49(97)30(88)6-18)69(67)131-72(113)17-3-27(85)48(96)28(86)4-17)15-123-76(117)21-10-33(91)55(103)60(108)44(21)45-46(80(121)128-65)66(63(111)62(110)61(45)109)124-37-8-19(7-31(89)50(37)98)74(115)134-82-70-68(130-78(119)23-12-35(93)53(101)58(106)42(23)43-24(79(120)132-70)13-36(94)54(102)59(43)107)64-38(125-82)14-122-75(116)20-9-32(90)51(99)56(104)40(20)41-22(77(118)127-64)11-34(92)52(100)57(41)105/h1-13,38-39,64-65,67-70,81-111H,14-15H2. The maximum absolute atomic E-state index is 16.1. The number of aromatic hydroxyl groups is 29. The fourth-order valence-electron chi connectivity index (χ4n) is 14.5. The van der Waals surface area contributed by atoms with Gasteiger partial charge in [-0.25, -0.2) is 47.9 Å². The summed E-state index contributed by atoms with van der Waals surface area (Å²) in [6.45, 7) is -3.20. The molecule has 0 amide bonds. The van der Waals surface area contributed by atoms with Crippen LogP contribution in [0.3, 0.4) is 0 Å². The molecule has 10 aromatic carbocycles. The van der Waals surface area contributed by atoms with Crippen molar-refractivity contribution < 1.29 is 258 Å². The minimum absolute atomic E-state index is 0.170. The van der Waals surface area contributed by atoms with Crippen LogP contribution in [0.4, 0.5) is 0 Å². The van der Waals surface area contributed by atoms with Crippen molar-refractivity contribution in [2.24, 2.45) is 0 Å². The van der Waals surface area contributed by atoms with Crippen LogP contribution in [0.25, 0.3) is 33.4 Å². The highest BCUT2D eigenvalue weighted by atomic mass is 16.8. The summed E-state index contributed by atoms with van der Waals surface area (Å²) in [6.07, 6.45) is -28.8. The fraction of sp³-hybridized carbons (Fsp3) is 0.146. The second kappa shape index (κ2) is 32.9. The van der Waals surface area contributed by atoms with Gasteiger partial charge in [0.2, 0.25) is 70.8 Å². The van der Waals surface area contributed by atoms with Crippen molar-refractivity contribution in [3.63, 3.8) is 0 Å². The first-order chi connectivity index (χ1) is 63.1. The smallest absolute Gasteiger partial charge is 0.343 e. The van der Waals surface area contributed by atoms with Crippen LogP contribution < -0.4 is 4.74 Å². The van der Waals surface area contributed by atoms with E-state index in [1.165, 1.54) is 0 Å². The van der Waals surface area contributed by atoms with Gasteiger partial charge >= 0.3 is 59.7 Å². The van der Waals surface area contributed by atoms with Gasteiger partial charge in [0.15, 0.2) is 157 Å². The molecule has 29 N–H and O–H groups in total. The fourth-order valence-corrected chi connectivity index (χ4v) is 14.5. The lowest BCUT2D eigenvalue weighted by Gasteiger charge is -2.44. The van der Waals surface area contributed by atoms with E-state index >= 15 is 24.0 Å². The zero-order chi connectivity index (χ0) is 97.5. The number of phenols is 29. The van der Waals surface area contributed by atoms with Gasteiger partial charge in [-0.1, -0.05) is 0 Å². The number of phenolic OH excluding ortho intramolecular Hbond substituents is 29. The van der Waals surface area contributed by atoms with Gasteiger partial charge in [-0.05, 0) is 78.9 Å². The summed E-state index contributed by atoms with van der Waals surface area (Å²) in [7, 11) is 0. The Labute approximate surface area is 735 Å². The number of benzene rings is 10. The highest BCUT2D eigenvalue weighted by Crippen LogP contribution is 2.61. The first-order valence-electron chi connectivity index (χ1n) is 37.1. The minimum Gasteiger partial charge on any atom is -0.504 e. The Kier molecular flexibility index (Phi) is 22.0. The summed E-state index contributed by atoms with van der Waals surface area (Å²) >= 11 is 0. The summed E-state index contributed by atoms with van der Waals surface area (Å²) in [4.78, 5) is 150. The number of hydrogen-bond donors (Lipinski definition) is 29. The third-order valence-electron chi connectivity index (χ3n) is 21.0. The van der Waals surface area contributed by atoms with Crippen LogP contribution in [-0.2, 0) is 56.8 Å². The van der Waals surface area contributed by atoms with Gasteiger partial charge in [0.1, 0.15) is 31.0 Å². The lowest BCUT2D eigenvalue weighted by Crippen LogP contribution is -2.63. The molecule has 5 aliphatic heterocycles. The normalized spacial score (nSPS) is 19.6. The van der Waals surface area contributed by atoms with Crippen molar-refractivity contribution in [3.05, 3.63) is 134 Å².